The van der Waals surface area contributed by atoms with Crippen LogP contribution in [0.25, 0.3) is 0 Å². The van der Waals surface area contributed by atoms with Gasteiger partial charge in [0, 0.05) is 18.7 Å². The highest BCUT2D eigenvalue weighted by Crippen LogP contribution is 2.22. The van der Waals surface area contributed by atoms with Crippen LogP contribution in [0.3, 0.4) is 0 Å². The van der Waals surface area contributed by atoms with Crippen LogP contribution in [-0.4, -0.2) is 30.6 Å². The molecule has 1 aromatic rings. The number of hydrogen-bond donors (Lipinski definition) is 1. The van der Waals surface area contributed by atoms with Gasteiger partial charge in [-0.1, -0.05) is 6.92 Å². The van der Waals surface area contributed by atoms with Crippen molar-refractivity contribution in [2.24, 2.45) is 0 Å². The Kier molecular flexibility index (Phi) is 5.35. The molecule has 1 heterocycles. The lowest BCUT2D eigenvalue weighted by atomic mass is 10.1. The Hall–Kier alpha value is -1.16. The minimum atomic E-state index is -0.362. The summed E-state index contributed by atoms with van der Waals surface area (Å²) in [6, 6.07) is 2.77. The topological polar surface area (TPSA) is 15.3 Å². The maximum Gasteiger partial charge on any atom is 0.146 e. The van der Waals surface area contributed by atoms with Crippen molar-refractivity contribution in [2.45, 2.75) is 45.6 Å². The van der Waals surface area contributed by atoms with Gasteiger partial charge in [0.25, 0.3) is 0 Å². The van der Waals surface area contributed by atoms with Gasteiger partial charge in [-0.05, 0) is 57.3 Å². The molecule has 2 nitrogen and oxygen atoms in total. The summed E-state index contributed by atoms with van der Waals surface area (Å²) in [5, 5.41) is 3.18. The van der Waals surface area contributed by atoms with Crippen LogP contribution in [0.5, 0.6) is 0 Å². The molecule has 1 aromatic carbocycles. The van der Waals surface area contributed by atoms with Crippen molar-refractivity contribution in [1.29, 1.82) is 0 Å². The minimum Gasteiger partial charge on any atom is -0.380 e. The highest BCUT2D eigenvalue weighted by atomic mass is 19.1. The van der Waals surface area contributed by atoms with E-state index in [2.05, 4.69) is 17.1 Å². The van der Waals surface area contributed by atoms with E-state index in [4.69, 9.17) is 0 Å². The summed E-state index contributed by atoms with van der Waals surface area (Å²) in [7, 11) is 0. The zero-order chi connectivity index (χ0) is 14.5. The summed E-state index contributed by atoms with van der Waals surface area (Å²) in [6.07, 6.45) is 4.26. The minimum absolute atomic E-state index is 0.230. The number of anilines is 1. The zero-order valence-electron chi connectivity index (χ0n) is 12.4. The van der Waals surface area contributed by atoms with E-state index < -0.39 is 0 Å². The molecule has 1 unspecified atom stereocenters. The Morgan fingerprint density at radius 2 is 2.00 bits per heavy atom. The lowest BCUT2D eigenvalue weighted by Gasteiger charge is -2.20. The van der Waals surface area contributed by atoms with Crippen LogP contribution in [0.4, 0.5) is 14.5 Å². The number of likely N-dealkylation sites (tertiary alicyclic amines) is 1. The lowest BCUT2D eigenvalue weighted by molar-refractivity contribution is 0.285. The predicted molar refractivity (Wildman–Crippen MR) is 79.1 cm³/mol. The second-order valence-corrected chi connectivity index (χ2v) is 5.70. The molecule has 0 amide bonds. The van der Waals surface area contributed by atoms with E-state index in [9.17, 15) is 8.78 Å². The molecule has 1 fully saturated rings. The fraction of sp³-hybridized carbons (Fsp3) is 0.625. The fourth-order valence-electron chi connectivity index (χ4n) is 2.82. The van der Waals surface area contributed by atoms with Crippen molar-refractivity contribution in [1.82, 2.24) is 4.90 Å². The number of aryl methyl sites for hydroxylation is 1. The molecular formula is C16H24F2N2. The Balaban J connectivity index is 1.98. The van der Waals surface area contributed by atoms with Crippen molar-refractivity contribution >= 4 is 5.69 Å². The van der Waals surface area contributed by atoms with Crippen molar-refractivity contribution < 1.29 is 8.78 Å². The van der Waals surface area contributed by atoms with E-state index in [1.807, 2.05) is 0 Å². The van der Waals surface area contributed by atoms with E-state index in [-0.39, 0.29) is 17.7 Å². The van der Waals surface area contributed by atoms with Gasteiger partial charge in [0.1, 0.15) is 11.6 Å². The van der Waals surface area contributed by atoms with Crippen LogP contribution in [-0.2, 0) is 0 Å². The van der Waals surface area contributed by atoms with Gasteiger partial charge in [-0.3, -0.25) is 0 Å². The summed E-state index contributed by atoms with van der Waals surface area (Å²) in [5.41, 5.74) is 0.644. The van der Waals surface area contributed by atoms with Gasteiger partial charge in [-0.15, -0.1) is 0 Å². The van der Waals surface area contributed by atoms with Gasteiger partial charge in [-0.2, -0.15) is 0 Å². The van der Waals surface area contributed by atoms with Crippen molar-refractivity contribution in [3.8, 4) is 0 Å². The highest BCUT2D eigenvalue weighted by Gasteiger charge is 2.18. The van der Waals surface area contributed by atoms with E-state index >= 15 is 0 Å². The molecule has 2 rings (SSSR count). The van der Waals surface area contributed by atoms with Crippen LogP contribution >= 0.6 is 0 Å². The molecule has 0 saturated carbocycles. The summed E-state index contributed by atoms with van der Waals surface area (Å²) in [6.45, 7) is 7.03. The summed E-state index contributed by atoms with van der Waals surface area (Å²) >= 11 is 0. The van der Waals surface area contributed by atoms with Gasteiger partial charge in [0.2, 0.25) is 0 Å². The maximum absolute atomic E-state index is 13.8. The van der Waals surface area contributed by atoms with E-state index in [1.165, 1.54) is 12.1 Å². The molecule has 0 aromatic heterocycles. The molecule has 1 aliphatic heterocycles. The first-order valence-electron chi connectivity index (χ1n) is 7.54. The second kappa shape index (κ2) is 7.02. The molecule has 1 N–H and O–H groups in total. The van der Waals surface area contributed by atoms with Crippen LogP contribution in [0, 0.1) is 18.6 Å². The SMILES string of the molecule is CCCN1CCCC(Nc2cc(F)c(C)cc2F)CC1. The number of benzene rings is 1. The number of hydrogen-bond acceptors (Lipinski definition) is 2. The first-order valence-corrected chi connectivity index (χ1v) is 7.54. The monoisotopic (exact) mass is 282 g/mol. The Bertz CT molecular complexity index is 448. The van der Waals surface area contributed by atoms with Gasteiger partial charge in [0.05, 0.1) is 5.69 Å². The molecule has 0 bridgehead atoms. The van der Waals surface area contributed by atoms with Crippen LogP contribution in [0.2, 0.25) is 0 Å². The Morgan fingerprint density at radius 3 is 2.75 bits per heavy atom. The molecule has 4 heteroatoms. The summed E-state index contributed by atoms with van der Waals surface area (Å²) in [5.74, 6) is -0.714. The summed E-state index contributed by atoms with van der Waals surface area (Å²) in [4.78, 5) is 2.45. The fourth-order valence-corrected chi connectivity index (χ4v) is 2.82. The molecule has 0 spiro atoms. The quantitative estimate of drug-likeness (QED) is 0.899. The normalized spacial score (nSPS) is 20.7. The first kappa shape index (κ1) is 15.2. The van der Waals surface area contributed by atoms with E-state index in [1.54, 1.807) is 6.92 Å². The van der Waals surface area contributed by atoms with Crippen LogP contribution < -0.4 is 5.32 Å². The van der Waals surface area contributed by atoms with Gasteiger partial charge in [-0.25, -0.2) is 8.78 Å². The first-order chi connectivity index (χ1) is 9.60. The van der Waals surface area contributed by atoms with Gasteiger partial charge >= 0.3 is 0 Å². The predicted octanol–water partition coefficient (Wildman–Crippen LogP) is 3.95. The third kappa shape index (κ3) is 3.92. The van der Waals surface area contributed by atoms with Crippen molar-refractivity contribution in [2.75, 3.05) is 25.0 Å². The smallest absolute Gasteiger partial charge is 0.146 e. The van der Waals surface area contributed by atoms with Crippen molar-refractivity contribution in [3.63, 3.8) is 0 Å². The Morgan fingerprint density at radius 1 is 1.20 bits per heavy atom. The molecule has 0 radical (unpaired) electrons. The van der Waals surface area contributed by atoms with Crippen LogP contribution in [0.1, 0.15) is 38.2 Å². The number of nitrogens with zero attached hydrogens (tertiary/aromatic N) is 1. The number of halogens is 2. The van der Waals surface area contributed by atoms with E-state index in [0.717, 1.165) is 45.3 Å². The second-order valence-electron chi connectivity index (χ2n) is 5.70. The van der Waals surface area contributed by atoms with Gasteiger partial charge in [0.15, 0.2) is 0 Å². The third-order valence-corrected chi connectivity index (χ3v) is 3.97. The molecule has 20 heavy (non-hydrogen) atoms. The average Bonchev–Trinajstić information content (AvgIpc) is 2.62. The molecule has 112 valence electrons. The lowest BCUT2D eigenvalue weighted by Crippen LogP contribution is -2.27. The molecule has 1 aliphatic rings. The number of nitrogens with one attached hydrogen (secondary N) is 1. The molecule has 0 aliphatic carbocycles. The molecular weight excluding hydrogens is 258 g/mol. The summed E-state index contributed by atoms with van der Waals surface area (Å²) < 4.78 is 27.4. The van der Waals surface area contributed by atoms with Crippen molar-refractivity contribution in [3.05, 3.63) is 29.3 Å². The average molecular weight is 282 g/mol. The molecule has 1 atom stereocenters. The zero-order valence-corrected chi connectivity index (χ0v) is 12.4. The standard InChI is InChI=1S/C16H24F2N2/c1-3-7-20-8-4-5-13(6-9-20)19-16-11-14(17)12(2)10-15(16)18/h10-11,13,19H,3-9H2,1-2H3. The van der Waals surface area contributed by atoms with E-state index in [0.29, 0.717) is 11.3 Å². The third-order valence-electron chi connectivity index (χ3n) is 3.97. The molecule has 1 saturated heterocycles. The largest absolute Gasteiger partial charge is 0.380 e. The Labute approximate surface area is 120 Å². The highest BCUT2D eigenvalue weighted by molar-refractivity contribution is 5.47. The van der Waals surface area contributed by atoms with Crippen LogP contribution in [0.15, 0.2) is 12.1 Å². The number of rotatable bonds is 4. The van der Waals surface area contributed by atoms with Gasteiger partial charge < -0.3 is 10.2 Å². The maximum atomic E-state index is 13.8.